The molecule has 0 saturated heterocycles. The Morgan fingerprint density at radius 3 is 2.61 bits per heavy atom. The van der Waals surface area contributed by atoms with E-state index in [-0.39, 0.29) is 11.6 Å². The fourth-order valence-electron chi connectivity index (χ4n) is 2.22. The number of H-pyrrole nitrogens is 1. The highest BCUT2D eigenvalue weighted by Crippen LogP contribution is 2.37. The van der Waals surface area contributed by atoms with Crippen molar-refractivity contribution < 1.29 is 14.6 Å². The third-order valence-electron chi connectivity index (χ3n) is 3.50. The first-order valence-electron chi connectivity index (χ1n) is 7.00. The van der Waals surface area contributed by atoms with Crippen molar-refractivity contribution in [3.8, 4) is 11.6 Å². The number of aromatic nitrogens is 1. The van der Waals surface area contributed by atoms with E-state index in [9.17, 15) is 9.90 Å². The summed E-state index contributed by atoms with van der Waals surface area (Å²) < 4.78 is 5.16. The maximum Gasteiger partial charge on any atom is 0.295 e. The monoisotopic (exact) mass is 309 g/mol. The molecule has 0 aliphatic heterocycles. The molecule has 0 aliphatic rings. The van der Waals surface area contributed by atoms with Crippen molar-refractivity contribution in [3.63, 3.8) is 0 Å². The second kappa shape index (κ2) is 5.92. The van der Waals surface area contributed by atoms with Crippen LogP contribution in [0.25, 0.3) is 10.9 Å². The Bertz CT molecular complexity index is 895. The van der Waals surface area contributed by atoms with Crippen LogP contribution in [-0.4, -0.2) is 23.1 Å². The number of aromatic hydroxyl groups is 1. The highest BCUT2D eigenvalue weighted by atomic mass is 16.5. The fraction of sp³-hybridized carbons (Fsp3) is 0.118. The zero-order valence-electron chi connectivity index (χ0n) is 12.7. The number of benzene rings is 2. The van der Waals surface area contributed by atoms with Gasteiger partial charge in [-0.15, -0.1) is 10.2 Å². The summed E-state index contributed by atoms with van der Waals surface area (Å²) in [5.74, 6) is 0.00756. The second-order valence-electron chi connectivity index (χ2n) is 5.10. The van der Waals surface area contributed by atoms with Gasteiger partial charge in [-0.3, -0.25) is 4.79 Å². The lowest BCUT2D eigenvalue weighted by Gasteiger charge is -1.99. The largest absolute Gasteiger partial charge is 0.497 e. The van der Waals surface area contributed by atoms with Gasteiger partial charge in [0.15, 0.2) is 5.69 Å². The number of carbonyl (C=O) groups is 1. The summed E-state index contributed by atoms with van der Waals surface area (Å²) in [6.45, 7) is 1.94. The van der Waals surface area contributed by atoms with Gasteiger partial charge in [-0.2, -0.15) is 0 Å². The van der Waals surface area contributed by atoms with Crippen molar-refractivity contribution in [1.29, 1.82) is 0 Å². The van der Waals surface area contributed by atoms with Gasteiger partial charge in [-0.1, -0.05) is 17.7 Å². The van der Waals surface area contributed by atoms with Crippen LogP contribution >= 0.6 is 0 Å². The Morgan fingerprint density at radius 2 is 1.91 bits per heavy atom. The van der Waals surface area contributed by atoms with E-state index < -0.39 is 5.91 Å². The highest BCUT2D eigenvalue weighted by molar-refractivity contribution is 5.97. The molecule has 116 valence electrons. The van der Waals surface area contributed by atoms with E-state index in [4.69, 9.17) is 4.74 Å². The number of methoxy groups -OCH3 is 1. The summed E-state index contributed by atoms with van der Waals surface area (Å²) in [6, 6.07) is 12.3. The summed E-state index contributed by atoms with van der Waals surface area (Å²) in [7, 11) is 1.55. The van der Waals surface area contributed by atoms with Crippen LogP contribution in [0.15, 0.2) is 52.7 Å². The number of nitrogens with zero attached hydrogens (tertiary/aromatic N) is 2. The fourth-order valence-corrected chi connectivity index (χ4v) is 2.22. The zero-order valence-corrected chi connectivity index (χ0v) is 12.7. The van der Waals surface area contributed by atoms with Crippen LogP contribution in [0.1, 0.15) is 15.9 Å². The van der Waals surface area contributed by atoms with Gasteiger partial charge in [0.25, 0.3) is 5.91 Å². The van der Waals surface area contributed by atoms with Crippen molar-refractivity contribution >= 4 is 22.5 Å². The van der Waals surface area contributed by atoms with Gasteiger partial charge in [0.05, 0.1) is 12.6 Å². The number of carbonyl (C=O) groups excluding carboxylic acids is 1. The molecule has 6 nitrogen and oxygen atoms in total. The third-order valence-corrected chi connectivity index (χ3v) is 3.50. The molecule has 0 saturated carbocycles. The summed E-state index contributed by atoms with van der Waals surface area (Å²) in [6.07, 6.45) is 0. The second-order valence-corrected chi connectivity index (χ2v) is 5.10. The summed E-state index contributed by atoms with van der Waals surface area (Å²) >= 11 is 0. The standard InChI is InChI=1S/C17H15N3O3/c1-10-3-5-11(6-4-10)16(21)20-19-15-13-9-12(23-2)7-8-14(13)18-17(15)22/h3-9,18,22H,1-2H3. The number of azo groups is 1. The Labute approximate surface area is 132 Å². The topological polar surface area (TPSA) is 87.0 Å². The lowest BCUT2D eigenvalue weighted by atomic mass is 10.1. The van der Waals surface area contributed by atoms with E-state index in [1.807, 2.05) is 19.1 Å². The molecule has 0 fully saturated rings. The molecule has 0 radical (unpaired) electrons. The van der Waals surface area contributed by atoms with Crippen molar-refractivity contribution in [2.75, 3.05) is 7.11 Å². The molecular weight excluding hydrogens is 294 g/mol. The molecule has 3 rings (SSSR count). The van der Waals surface area contributed by atoms with Gasteiger partial charge in [-0.25, -0.2) is 0 Å². The SMILES string of the molecule is COc1ccc2[nH]c(O)c(N=NC(=O)c3ccc(C)cc3)c2c1. The molecule has 3 aromatic rings. The average molecular weight is 309 g/mol. The summed E-state index contributed by atoms with van der Waals surface area (Å²) in [4.78, 5) is 14.8. The summed E-state index contributed by atoms with van der Waals surface area (Å²) in [5, 5.41) is 18.2. The number of aryl methyl sites for hydroxylation is 1. The molecule has 0 unspecified atom stereocenters. The Morgan fingerprint density at radius 1 is 1.17 bits per heavy atom. The maximum atomic E-state index is 12.0. The maximum absolute atomic E-state index is 12.0. The molecule has 1 heterocycles. The molecule has 0 bridgehead atoms. The molecule has 23 heavy (non-hydrogen) atoms. The molecule has 0 spiro atoms. The number of fused-ring (bicyclic) bond motifs is 1. The van der Waals surface area contributed by atoms with E-state index in [1.54, 1.807) is 37.4 Å². The van der Waals surface area contributed by atoms with Crippen LogP contribution in [0.5, 0.6) is 11.6 Å². The Hall–Kier alpha value is -3.15. The lowest BCUT2D eigenvalue weighted by Crippen LogP contribution is -1.92. The minimum atomic E-state index is -0.471. The molecule has 2 N–H and O–H groups in total. The van der Waals surface area contributed by atoms with Crippen molar-refractivity contribution in [3.05, 3.63) is 53.6 Å². The predicted molar refractivity (Wildman–Crippen MR) is 86.5 cm³/mol. The first-order valence-corrected chi connectivity index (χ1v) is 7.00. The van der Waals surface area contributed by atoms with Gasteiger partial charge >= 0.3 is 0 Å². The van der Waals surface area contributed by atoms with Crippen molar-refractivity contribution in [2.45, 2.75) is 6.92 Å². The van der Waals surface area contributed by atoms with Gasteiger partial charge in [0, 0.05) is 10.9 Å². The van der Waals surface area contributed by atoms with Crippen molar-refractivity contribution in [1.82, 2.24) is 4.98 Å². The van der Waals surface area contributed by atoms with Crippen LogP contribution < -0.4 is 4.74 Å². The number of hydrogen-bond acceptors (Lipinski definition) is 4. The smallest absolute Gasteiger partial charge is 0.295 e. The molecule has 0 atom stereocenters. The zero-order chi connectivity index (χ0) is 16.4. The molecule has 1 amide bonds. The van der Waals surface area contributed by atoms with Crippen LogP contribution in [-0.2, 0) is 0 Å². The van der Waals surface area contributed by atoms with Crippen LogP contribution in [0, 0.1) is 6.92 Å². The van der Waals surface area contributed by atoms with Crippen LogP contribution in [0.3, 0.4) is 0 Å². The van der Waals surface area contributed by atoms with Gasteiger partial charge in [0.1, 0.15) is 5.75 Å². The first kappa shape index (κ1) is 14.8. The first-order chi connectivity index (χ1) is 11.1. The average Bonchev–Trinajstić information content (AvgIpc) is 2.87. The molecule has 2 aromatic carbocycles. The number of hydrogen-bond donors (Lipinski definition) is 2. The molecular formula is C17H15N3O3. The lowest BCUT2D eigenvalue weighted by molar-refractivity contribution is 0.0995. The molecule has 1 aromatic heterocycles. The molecule has 6 heteroatoms. The van der Waals surface area contributed by atoms with Crippen molar-refractivity contribution in [2.24, 2.45) is 10.2 Å². The normalized spacial score (nSPS) is 11.2. The minimum Gasteiger partial charge on any atom is -0.497 e. The minimum absolute atomic E-state index is 0.145. The Balaban J connectivity index is 1.95. The van der Waals surface area contributed by atoms with Gasteiger partial charge in [0.2, 0.25) is 5.88 Å². The van der Waals surface area contributed by atoms with E-state index in [1.165, 1.54) is 0 Å². The highest BCUT2D eigenvalue weighted by Gasteiger charge is 2.12. The third kappa shape index (κ3) is 2.91. The quantitative estimate of drug-likeness (QED) is 0.713. The van der Waals surface area contributed by atoms with E-state index in [2.05, 4.69) is 15.2 Å². The number of rotatable bonds is 3. The number of ether oxygens (including phenoxy) is 1. The van der Waals surface area contributed by atoms with E-state index in [0.29, 0.717) is 22.2 Å². The number of amides is 1. The summed E-state index contributed by atoms with van der Waals surface area (Å²) in [5.41, 5.74) is 2.38. The van der Waals surface area contributed by atoms with Gasteiger partial charge < -0.3 is 14.8 Å². The van der Waals surface area contributed by atoms with Crippen LogP contribution in [0.2, 0.25) is 0 Å². The van der Waals surface area contributed by atoms with E-state index in [0.717, 1.165) is 5.56 Å². The van der Waals surface area contributed by atoms with Crippen LogP contribution in [0.4, 0.5) is 5.69 Å². The molecule has 0 aliphatic carbocycles. The van der Waals surface area contributed by atoms with E-state index >= 15 is 0 Å². The number of nitrogens with one attached hydrogen (secondary N) is 1. The van der Waals surface area contributed by atoms with Gasteiger partial charge in [-0.05, 0) is 37.3 Å². The Kier molecular flexibility index (Phi) is 3.80. The predicted octanol–water partition coefficient (Wildman–Crippen LogP) is 4.11. The number of aromatic amines is 1.